The van der Waals surface area contributed by atoms with Gasteiger partial charge < -0.3 is 20.3 Å². The van der Waals surface area contributed by atoms with Crippen LogP contribution in [0.3, 0.4) is 0 Å². The average molecular weight is 1210 g/mol. The molecule has 0 aliphatic heterocycles. The van der Waals surface area contributed by atoms with E-state index in [9.17, 15) is 19.8 Å². The number of carbonyl (C=O) groups excluding carboxylic acids is 2. The van der Waals surface area contributed by atoms with Gasteiger partial charge in [-0.1, -0.05) is 371 Å². The van der Waals surface area contributed by atoms with Crippen LogP contribution in [-0.4, -0.2) is 47.4 Å². The molecule has 0 aromatic heterocycles. The SMILES string of the molecule is CCCCCCCCC/C=C\CCCCCCCC(=O)OCCCCCCCCCCC/C=C\C/C=C\CCCCCCCCCCCCCCCCCC(=O)NC(CO)C(O)/C=C/CCCCCCCCCCCCCCCCCCCCCC. The Balaban J connectivity index is 3.42. The van der Waals surface area contributed by atoms with Crippen LogP contribution < -0.4 is 5.32 Å². The van der Waals surface area contributed by atoms with Gasteiger partial charge in [0.25, 0.3) is 0 Å². The molecule has 0 aromatic rings. The molecule has 0 rings (SSSR count). The van der Waals surface area contributed by atoms with E-state index >= 15 is 0 Å². The Labute approximate surface area is 537 Å². The number of amides is 1. The summed E-state index contributed by atoms with van der Waals surface area (Å²) in [7, 11) is 0. The molecule has 0 radical (unpaired) electrons. The Bertz CT molecular complexity index is 1440. The molecule has 3 N–H and O–H groups in total. The lowest BCUT2D eigenvalue weighted by Crippen LogP contribution is -2.45. The van der Waals surface area contributed by atoms with Crippen molar-refractivity contribution in [1.82, 2.24) is 5.32 Å². The molecule has 0 aromatic carbocycles. The van der Waals surface area contributed by atoms with E-state index in [-0.39, 0.29) is 18.5 Å². The first kappa shape index (κ1) is 83.8. The first-order valence-corrected chi connectivity index (χ1v) is 38.9. The summed E-state index contributed by atoms with van der Waals surface area (Å²) >= 11 is 0. The van der Waals surface area contributed by atoms with Crippen molar-refractivity contribution in [2.24, 2.45) is 0 Å². The Morgan fingerprint density at radius 2 is 0.581 bits per heavy atom. The van der Waals surface area contributed by atoms with Gasteiger partial charge in [-0.05, 0) is 89.9 Å². The monoisotopic (exact) mass is 1210 g/mol. The first-order valence-electron chi connectivity index (χ1n) is 38.9. The summed E-state index contributed by atoms with van der Waals surface area (Å²) in [6.07, 6.45) is 99.3. The van der Waals surface area contributed by atoms with E-state index in [2.05, 4.69) is 55.6 Å². The molecule has 2 unspecified atom stereocenters. The smallest absolute Gasteiger partial charge is 0.305 e. The van der Waals surface area contributed by atoms with Crippen molar-refractivity contribution in [2.75, 3.05) is 13.2 Å². The minimum atomic E-state index is -0.846. The van der Waals surface area contributed by atoms with Crippen molar-refractivity contribution in [3.63, 3.8) is 0 Å². The van der Waals surface area contributed by atoms with E-state index < -0.39 is 12.1 Å². The lowest BCUT2D eigenvalue weighted by molar-refractivity contribution is -0.143. The number of carbonyl (C=O) groups is 2. The van der Waals surface area contributed by atoms with Gasteiger partial charge in [0.05, 0.1) is 25.4 Å². The summed E-state index contributed by atoms with van der Waals surface area (Å²) in [5, 5.41) is 23.3. The van der Waals surface area contributed by atoms with E-state index in [4.69, 9.17) is 4.74 Å². The fourth-order valence-corrected chi connectivity index (χ4v) is 12.1. The summed E-state index contributed by atoms with van der Waals surface area (Å²) in [5.41, 5.74) is 0. The number of esters is 1. The molecule has 0 heterocycles. The standard InChI is InChI=1S/C80H151NO5/c1-3-5-7-9-11-13-15-17-19-21-22-23-35-38-41-44-48-52-56-60-64-68-72-78(83)77(76-82)81-79(84)73-69-65-61-57-53-49-45-42-39-36-33-31-29-27-25-24-26-28-30-32-34-37-40-43-47-51-55-59-63-67-71-75-86-80(85)74-70-66-62-58-54-50-46-20-18-16-14-12-10-8-6-4-2/h20,26,28,32,34,46,68,72,77-78,82-83H,3-19,21-25,27,29-31,33,35-45,47-67,69-71,73-76H2,1-2H3,(H,81,84)/b28-26-,34-32-,46-20-,72-68+. The van der Waals surface area contributed by atoms with Crippen LogP contribution in [0.5, 0.6) is 0 Å². The van der Waals surface area contributed by atoms with Crippen LogP contribution in [0.4, 0.5) is 0 Å². The number of ether oxygens (including phenoxy) is 1. The summed E-state index contributed by atoms with van der Waals surface area (Å²) in [5.74, 6) is -0.0574. The predicted octanol–water partition coefficient (Wildman–Crippen LogP) is 25.6. The summed E-state index contributed by atoms with van der Waals surface area (Å²) in [6, 6.07) is -0.629. The number of hydrogen-bond acceptors (Lipinski definition) is 5. The minimum absolute atomic E-state index is 0.00596. The third-order valence-electron chi connectivity index (χ3n) is 18.1. The van der Waals surface area contributed by atoms with Gasteiger partial charge in [-0.25, -0.2) is 0 Å². The highest BCUT2D eigenvalue weighted by atomic mass is 16.5. The van der Waals surface area contributed by atoms with Crippen LogP contribution in [0.2, 0.25) is 0 Å². The third kappa shape index (κ3) is 70.9. The lowest BCUT2D eigenvalue weighted by atomic mass is 10.0. The van der Waals surface area contributed by atoms with Gasteiger partial charge in [0.15, 0.2) is 0 Å². The number of allylic oxidation sites excluding steroid dienone is 7. The van der Waals surface area contributed by atoms with Gasteiger partial charge in [0.2, 0.25) is 5.91 Å². The molecule has 6 nitrogen and oxygen atoms in total. The fraction of sp³-hybridized carbons (Fsp3) is 0.875. The van der Waals surface area contributed by atoms with E-state index in [1.807, 2.05) is 6.08 Å². The Morgan fingerprint density at radius 1 is 0.326 bits per heavy atom. The van der Waals surface area contributed by atoms with Gasteiger partial charge >= 0.3 is 5.97 Å². The van der Waals surface area contributed by atoms with Crippen molar-refractivity contribution in [3.05, 3.63) is 48.6 Å². The van der Waals surface area contributed by atoms with Crippen molar-refractivity contribution >= 4 is 11.9 Å². The zero-order valence-electron chi connectivity index (χ0n) is 58.1. The first-order chi connectivity index (χ1) is 42.5. The molecule has 2 atom stereocenters. The zero-order valence-corrected chi connectivity index (χ0v) is 58.1. The highest BCUT2D eigenvalue weighted by Crippen LogP contribution is 2.19. The van der Waals surface area contributed by atoms with Crippen molar-refractivity contribution in [3.8, 4) is 0 Å². The fourth-order valence-electron chi connectivity index (χ4n) is 12.1. The van der Waals surface area contributed by atoms with E-state index in [1.54, 1.807) is 6.08 Å². The second-order valence-electron chi connectivity index (χ2n) is 26.7. The number of unbranched alkanes of at least 4 members (excludes halogenated alkanes) is 56. The molecule has 0 saturated heterocycles. The van der Waals surface area contributed by atoms with Crippen molar-refractivity contribution in [2.45, 2.75) is 437 Å². The topological polar surface area (TPSA) is 95.9 Å². The second kappa shape index (κ2) is 75.3. The van der Waals surface area contributed by atoms with E-state index in [1.165, 1.54) is 347 Å². The van der Waals surface area contributed by atoms with Crippen LogP contribution >= 0.6 is 0 Å². The van der Waals surface area contributed by atoms with Crippen LogP contribution in [0, 0.1) is 0 Å². The van der Waals surface area contributed by atoms with Crippen molar-refractivity contribution in [1.29, 1.82) is 0 Å². The van der Waals surface area contributed by atoms with E-state index in [0.717, 1.165) is 51.4 Å². The molecule has 506 valence electrons. The molecular formula is C80H151NO5. The molecule has 6 heteroatoms. The largest absolute Gasteiger partial charge is 0.466 e. The second-order valence-corrected chi connectivity index (χ2v) is 26.7. The molecule has 1 amide bonds. The molecule has 0 saturated carbocycles. The summed E-state index contributed by atoms with van der Waals surface area (Å²) in [4.78, 5) is 24.6. The quantitative estimate of drug-likeness (QED) is 0.0320. The number of rotatable bonds is 73. The van der Waals surface area contributed by atoms with E-state index in [0.29, 0.717) is 19.4 Å². The Kier molecular flexibility index (Phi) is 73.4. The van der Waals surface area contributed by atoms with Gasteiger partial charge in [-0.2, -0.15) is 0 Å². The number of aliphatic hydroxyl groups excluding tert-OH is 2. The van der Waals surface area contributed by atoms with Gasteiger partial charge in [-0.3, -0.25) is 9.59 Å². The molecule has 0 aliphatic carbocycles. The average Bonchev–Trinajstić information content (AvgIpc) is 3.54. The highest BCUT2D eigenvalue weighted by Gasteiger charge is 2.18. The predicted molar refractivity (Wildman–Crippen MR) is 379 cm³/mol. The molecule has 0 bridgehead atoms. The van der Waals surface area contributed by atoms with Crippen LogP contribution in [0.1, 0.15) is 425 Å². The molecule has 0 fully saturated rings. The number of hydrogen-bond donors (Lipinski definition) is 3. The maximum Gasteiger partial charge on any atom is 0.305 e. The lowest BCUT2D eigenvalue weighted by Gasteiger charge is -2.20. The van der Waals surface area contributed by atoms with Crippen LogP contribution in [0.15, 0.2) is 48.6 Å². The minimum Gasteiger partial charge on any atom is -0.466 e. The summed E-state index contributed by atoms with van der Waals surface area (Å²) in [6.45, 7) is 4.93. The molecule has 0 spiro atoms. The summed E-state index contributed by atoms with van der Waals surface area (Å²) < 4.78 is 5.49. The molecule has 86 heavy (non-hydrogen) atoms. The van der Waals surface area contributed by atoms with Gasteiger partial charge in [-0.15, -0.1) is 0 Å². The number of aliphatic hydroxyl groups is 2. The zero-order chi connectivity index (χ0) is 62.0. The number of nitrogens with one attached hydrogen (secondary N) is 1. The normalized spacial score (nSPS) is 12.7. The molecule has 0 aliphatic rings. The molecular weight excluding hydrogens is 1050 g/mol. The maximum absolute atomic E-state index is 12.5. The third-order valence-corrected chi connectivity index (χ3v) is 18.1. The van der Waals surface area contributed by atoms with Crippen LogP contribution in [-0.2, 0) is 14.3 Å². The highest BCUT2D eigenvalue weighted by molar-refractivity contribution is 5.76. The van der Waals surface area contributed by atoms with Gasteiger partial charge in [0.1, 0.15) is 0 Å². The maximum atomic E-state index is 12.5. The van der Waals surface area contributed by atoms with Gasteiger partial charge in [0, 0.05) is 12.8 Å². The van der Waals surface area contributed by atoms with Crippen molar-refractivity contribution < 1.29 is 24.5 Å². The Hall–Kier alpha value is -2.18. The Morgan fingerprint density at radius 3 is 0.895 bits per heavy atom. The van der Waals surface area contributed by atoms with Crippen LogP contribution in [0.25, 0.3) is 0 Å².